The van der Waals surface area contributed by atoms with E-state index in [0.717, 1.165) is 0 Å². The van der Waals surface area contributed by atoms with E-state index in [1.54, 1.807) is 24.3 Å². The third-order valence-corrected chi connectivity index (χ3v) is 1.93. The zero-order valence-corrected chi connectivity index (χ0v) is 7.72. The SMILES string of the molecule is O=C(O)CCC(=O)C1C=CC=CC=C1. The zero-order chi connectivity index (χ0) is 10.4. The van der Waals surface area contributed by atoms with Crippen LogP contribution in [0.3, 0.4) is 0 Å². The minimum atomic E-state index is -0.932. The van der Waals surface area contributed by atoms with Gasteiger partial charge in [-0.15, -0.1) is 0 Å². The van der Waals surface area contributed by atoms with Gasteiger partial charge in [0.1, 0.15) is 5.78 Å². The summed E-state index contributed by atoms with van der Waals surface area (Å²) >= 11 is 0. The van der Waals surface area contributed by atoms with Gasteiger partial charge in [-0.2, -0.15) is 0 Å². The van der Waals surface area contributed by atoms with Crippen molar-refractivity contribution in [1.29, 1.82) is 0 Å². The number of ketones is 1. The lowest BCUT2D eigenvalue weighted by Crippen LogP contribution is -2.11. The highest BCUT2D eigenvalue weighted by Crippen LogP contribution is 2.10. The smallest absolute Gasteiger partial charge is 0.303 e. The van der Waals surface area contributed by atoms with Crippen molar-refractivity contribution in [3.8, 4) is 0 Å². The second kappa shape index (κ2) is 5.17. The van der Waals surface area contributed by atoms with E-state index < -0.39 is 5.97 Å². The van der Waals surface area contributed by atoms with Gasteiger partial charge < -0.3 is 5.11 Å². The lowest BCUT2D eigenvalue weighted by atomic mass is 10.00. The van der Waals surface area contributed by atoms with Crippen molar-refractivity contribution < 1.29 is 14.7 Å². The molecule has 0 atom stereocenters. The Kier molecular flexibility index (Phi) is 3.85. The van der Waals surface area contributed by atoms with E-state index in [1.165, 1.54) is 0 Å². The van der Waals surface area contributed by atoms with E-state index in [-0.39, 0.29) is 24.5 Å². The first-order valence-corrected chi connectivity index (χ1v) is 4.46. The highest BCUT2D eigenvalue weighted by molar-refractivity contribution is 5.87. The van der Waals surface area contributed by atoms with Crippen LogP contribution >= 0.6 is 0 Å². The van der Waals surface area contributed by atoms with Crippen LogP contribution in [0.5, 0.6) is 0 Å². The van der Waals surface area contributed by atoms with Crippen LogP contribution in [0.15, 0.2) is 36.5 Å². The number of carbonyl (C=O) groups is 2. The molecule has 0 fully saturated rings. The average Bonchev–Trinajstić information content (AvgIpc) is 2.42. The van der Waals surface area contributed by atoms with Crippen molar-refractivity contribution in [2.45, 2.75) is 12.8 Å². The summed E-state index contributed by atoms with van der Waals surface area (Å²) in [5.41, 5.74) is 0. The van der Waals surface area contributed by atoms with Crippen LogP contribution in [-0.2, 0) is 9.59 Å². The van der Waals surface area contributed by atoms with Gasteiger partial charge >= 0.3 is 5.97 Å². The Hall–Kier alpha value is -1.64. The van der Waals surface area contributed by atoms with E-state index in [1.807, 2.05) is 12.2 Å². The average molecular weight is 192 g/mol. The molecule has 0 heterocycles. The first-order chi connectivity index (χ1) is 6.70. The Morgan fingerprint density at radius 1 is 1.00 bits per heavy atom. The molecule has 0 spiro atoms. The maximum atomic E-state index is 11.5. The van der Waals surface area contributed by atoms with E-state index >= 15 is 0 Å². The quantitative estimate of drug-likeness (QED) is 0.737. The topological polar surface area (TPSA) is 54.4 Å². The Morgan fingerprint density at radius 3 is 2.07 bits per heavy atom. The molecule has 14 heavy (non-hydrogen) atoms. The molecule has 0 saturated carbocycles. The molecule has 0 bridgehead atoms. The van der Waals surface area contributed by atoms with Gasteiger partial charge in [0.05, 0.1) is 12.3 Å². The zero-order valence-electron chi connectivity index (χ0n) is 7.72. The van der Waals surface area contributed by atoms with Gasteiger partial charge in [-0.05, 0) is 0 Å². The summed E-state index contributed by atoms with van der Waals surface area (Å²) in [6.45, 7) is 0. The van der Waals surface area contributed by atoms with Gasteiger partial charge in [0.25, 0.3) is 0 Å². The van der Waals surface area contributed by atoms with Gasteiger partial charge in [0, 0.05) is 6.42 Å². The summed E-state index contributed by atoms with van der Waals surface area (Å²) in [4.78, 5) is 21.7. The fraction of sp³-hybridized carbons (Fsp3) is 0.273. The van der Waals surface area contributed by atoms with Crippen LogP contribution < -0.4 is 0 Å². The van der Waals surface area contributed by atoms with Crippen LogP contribution in [0.25, 0.3) is 0 Å². The van der Waals surface area contributed by atoms with E-state index in [0.29, 0.717) is 0 Å². The molecule has 0 radical (unpaired) electrons. The maximum absolute atomic E-state index is 11.5. The minimum Gasteiger partial charge on any atom is -0.481 e. The van der Waals surface area contributed by atoms with Crippen molar-refractivity contribution in [3.63, 3.8) is 0 Å². The van der Waals surface area contributed by atoms with Gasteiger partial charge in [0.15, 0.2) is 0 Å². The molecule has 1 rings (SSSR count). The Morgan fingerprint density at radius 2 is 1.57 bits per heavy atom. The fourth-order valence-electron chi connectivity index (χ4n) is 1.17. The Bertz CT molecular complexity index is 294. The summed E-state index contributed by atoms with van der Waals surface area (Å²) in [7, 11) is 0. The number of hydrogen-bond acceptors (Lipinski definition) is 2. The number of hydrogen-bond donors (Lipinski definition) is 1. The number of rotatable bonds is 4. The highest BCUT2D eigenvalue weighted by Gasteiger charge is 2.13. The molecule has 0 aromatic heterocycles. The van der Waals surface area contributed by atoms with Crippen LogP contribution in [-0.4, -0.2) is 16.9 Å². The summed E-state index contributed by atoms with van der Waals surface area (Å²) in [5, 5.41) is 8.42. The largest absolute Gasteiger partial charge is 0.481 e. The number of allylic oxidation sites excluding steroid dienone is 6. The van der Waals surface area contributed by atoms with Gasteiger partial charge in [-0.3, -0.25) is 9.59 Å². The summed E-state index contributed by atoms with van der Waals surface area (Å²) in [5.74, 6) is -1.26. The molecular weight excluding hydrogens is 180 g/mol. The fourth-order valence-corrected chi connectivity index (χ4v) is 1.17. The van der Waals surface area contributed by atoms with Crippen molar-refractivity contribution >= 4 is 11.8 Å². The van der Waals surface area contributed by atoms with Crippen LogP contribution in [0.2, 0.25) is 0 Å². The Balaban J connectivity index is 2.48. The van der Waals surface area contributed by atoms with Crippen LogP contribution in [0.1, 0.15) is 12.8 Å². The predicted molar refractivity (Wildman–Crippen MR) is 52.8 cm³/mol. The highest BCUT2D eigenvalue weighted by atomic mass is 16.4. The van der Waals surface area contributed by atoms with Crippen LogP contribution in [0, 0.1) is 5.92 Å². The number of carboxylic acids is 1. The molecule has 1 aliphatic carbocycles. The van der Waals surface area contributed by atoms with E-state index in [9.17, 15) is 9.59 Å². The second-order valence-electron chi connectivity index (χ2n) is 3.04. The third-order valence-electron chi connectivity index (χ3n) is 1.93. The van der Waals surface area contributed by atoms with Crippen molar-refractivity contribution in [2.24, 2.45) is 5.92 Å². The molecule has 0 aromatic carbocycles. The summed E-state index contributed by atoms with van der Waals surface area (Å²) in [6.07, 6.45) is 10.8. The lowest BCUT2D eigenvalue weighted by Gasteiger charge is -2.03. The molecule has 0 amide bonds. The third kappa shape index (κ3) is 3.39. The molecule has 3 heteroatoms. The Labute approximate surface area is 82.4 Å². The molecule has 0 saturated heterocycles. The molecule has 1 N–H and O–H groups in total. The molecule has 3 nitrogen and oxygen atoms in total. The van der Waals surface area contributed by atoms with Gasteiger partial charge in [0.2, 0.25) is 0 Å². The number of carboxylic acid groups (broad SMARTS) is 1. The summed E-state index contributed by atoms with van der Waals surface area (Å²) < 4.78 is 0. The van der Waals surface area contributed by atoms with Crippen molar-refractivity contribution in [2.75, 3.05) is 0 Å². The van der Waals surface area contributed by atoms with E-state index in [2.05, 4.69) is 0 Å². The number of carbonyl (C=O) groups excluding carboxylic acids is 1. The number of aliphatic carboxylic acids is 1. The molecule has 0 unspecified atom stereocenters. The normalized spacial score (nSPS) is 15.4. The second-order valence-corrected chi connectivity index (χ2v) is 3.04. The van der Waals surface area contributed by atoms with Crippen molar-refractivity contribution in [3.05, 3.63) is 36.5 Å². The first-order valence-electron chi connectivity index (χ1n) is 4.46. The first kappa shape index (κ1) is 10.4. The lowest BCUT2D eigenvalue weighted by molar-refractivity contribution is -0.138. The monoisotopic (exact) mass is 192 g/mol. The van der Waals surface area contributed by atoms with Crippen LogP contribution in [0.4, 0.5) is 0 Å². The van der Waals surface area contributed by atoms with Crippen molar-refractivity contribution in [1.82, 2.24) is 0 Å². The molecule has 74 valence electrons. The number of Topliss-reactive ketones (excluding diaryl/α,β-unsaturated/α-hetero) is 1. The van der Waals surface area contributed by atoms with Gasteiger partial charge in [-0.1, -0.05) is 36.5 Å². The molecule has 0 aliphatic heterocycles. The molecule has 1 aliphatic rings. The maximum Gasteiger partial charge on any atom is 0.303 e. The van der Waals surface area contributed by atoms with E-state index in [4.69, 9.17) is 5.11 Å². The molecular formula is C11H12O3. The predicted octanol–water partition coefficient (Wildman–Crippen LogP) is 1.72. The molecule has 0 aromatic rings. The standard InChI is InChI=1S/C11H12O3/c12-10(7-8-11(13)14)9-5-3-1-2-4-6-9/h1-6,9H,7-8H2,(H,13,14). The minimum absolute atomic E-state index is 0.0522. The summed E-state index contributed by atoms with van der Waals surface area (Å²) in [6, 6.07) is 0. The van der Waals surface area contributed by atoms with Gasteiger partial charge in [-0.25, -0.2) is 0 Å².